The zero-order valence-electron chi connectivity index (χ0n) is 11.4. The van der Waals surface area contributed by atoms with Gasteiger partial charge in [-0.05, 0) is 17.7 Å². The van der Waals surface area contributed by atoms with Gasteiger partial charge in [0.15, 0.2) is 9.84 Å². The maximum Gasteiger partial charge on any atom is 0.153 e. The highest BCUT2D eigenvalue weighted by atomic mass is 35.5. The van der Waals surface area contributed by atoms with Gasteiger partial charge < -0.3 is 10.4 Å². The molecule has 0 radical (unpaired) electrons. The highest BCUT2D eigenvalue weighted by molar-refractivity contribution is 7.91. The molecule has 2 saturated heterocycles. The Kier molecular flexibility index (Phi) is 6.31. The molecule has 8 heteroatoms. The molecule has 5 nitrogen and oxygen atoms in total. The molecule has 21 heavy (non-hydrogen) atoms. The van der Waals surface area contributed by atoms with E-state index in [-0.39, 0.29) is 54.2 Å². The van der Waals surface area contributed by atoms with Crippen LogP contribution in [-0.4, -0.2) is 55.1 Å². The molecule has 0 unspecified atom stereocenters. The molecule has 0 aliphatic carbocycles. The normalized spacial score (nSPS) is 27.2. The first-order chi connectivity index (χ1) is 9.03. The standard InChI is InChI=1S/C13H18N2O3S.2ClH/c16-11-3-1-2-10(6-11)7-15-5-4-14-12-8-19(17,18)9-13(12)15;;/h1-3,6,12-14,16H,4-5,7-9H2;2*1H/t12-,13+;;/m0../s1. The Morgan fingerprint density at radius 1 is 1.29 bits per heavy atom. The molecule has 120 valence electrons. The van der Waals surface area contributed by atoms with Crippen molar-refractivity contribution in [2.45, 2.75) is 18.6 Å². The fraction of sp³-hybridized carbons (Fsp3) is 0.538. The number of hydrogen-bond acceptors (Lipinski definition) is 5. The van der Waals surface area contributed by atoms with Gasteiger partial charge in [-0.1, -0.05) is 12.1 Å². The highest BCUT2D eigenvalue weighted by Gasteiger charge is 2.42. The van der Waals surface area contributed by atoms with Crippen LogP contribution >= 0.6 is 24.8 Å². The van der Waals surface area contributed by atoms with Crippen molar-refractivity contribution in [2.24, 2.45) is 0 Å². The van der Waals surface area contributed by atoms with Crippen molar-refractivity contribution in [3.63, 3.8) is 0 Å². The van der Waals surface area contributed by atoms with Crippen molar-refractivity contribution in [1.29, 1.82) is 0 Å². The quantitative estimate of drug-likeness (QED) is 0.822. The van der Waals surface area contributed by atoms with E-state index >= 15 is 0 Å². The number of fused-ring (bicyclic) bond motifs is 1. The van der Waals surface area contributed by atoms with Crippen molar-refractivity contribution >= 4 is 34.7 Å². The lowest BCUT2D eigenvalue weighted by Gasteiger charge is -2.37. The van der Waals surface area contributed by atoms with Gasteiger partial charge in [0.2, 0.25) is 0 Å². The van der Waals surface area contributed by atoms with E-state index in [1.54, 1.807) is 12.1 Å². The van der Waals surface area contributed by atoms with Gasteiger partial charge in [0, 0.05) is 31.7 Å². The second-order valence-electron chi connectivity index (χ2n) is 5.35. The molecule has 2 aliphatic rings. The van der Waals surface area contributed by atoms with Gasteiger partial charge in [0.25, 0.3) is 0 Å². The highest BCUT2D eigenvalue weighted by Crippen LogP contribution is 2.23. The van der Waals surface area contributed by atoms with E-state index in [1.807, 2.05) is 12.1 Å². The van der Waals surface area contributed by atoms with Gasteiger partial charge in [0.05, 0.1) is 11.5 Å². The third-order valence-electron chi connectivity index (χ3n) is 3.89. The predicted octanol–water partition coefficient (Wildman–Crippen LogP) is 0.807. The average molecular weight is 355 g/mol. The van der Waals surface area contributed by atoms with Gasteiger partial charge in [-0.3, -0.25) is 4.90 Å². The van der Waals surface area contributed by atoms with Crippen LogP contribution in [0.15, 0.2) is 24.3 Å². The lowest BCUT2D eigenvalue weighted by atomic mass is 10.1. The summed E-state index contributed by atoms with van der Waals surface area (Å²) in [4.78, 5) is 2.21. The summed E-state index contributed by atoms with van der Waals surface area (Å²) >= 11 is 0. The minimum atomic E-state index is -2.92. The van der Waals surface area contributed by atoms with Crippen LogP contribution in [0.2, 0.25) is 0 Å². The SMILES string of the molecule is Cl.Cl.O=S1(=O)C[C@@H]2NCCN(Cc3cccc(O)c3)[C@@H]2C1. The predicted molar refractivity (Wildman–Crippen MR) is 87.2 cm³/mol. The number of rotatable bonds is 2. The molecule has 0 saturated carbocycles. The number of piperazine rings is 1. The van der Waals surface area contributed by atoms with Crippen LogP contribution < -0.4 is 5.32 Å². The summed E-state index contributed by atoms with van der Waals surface area (Å²) in [5.74, 6) is 0.737. The molecule has 3 rings (SSSR count). The molecule has 2 heterocycles. The largest absolute Gasteiger partial charge is 0.508 e. The van der Waals surface area contributed by atoms with Crippen LogP contribution in [0.4, 0.5) is 0 Å². The summed E-state index contributed by atoms with van der Waals surface area (Å²) in [7, 11) is -2.92. The van der Waals surface area contributed by atoms with Gasteiger partial charge in [-0.2, -0.15) is 0 Å². The second kappa shape index (κ2) is 7.15. The van der Waals surface area contributed by atoms with E-state index in [9.17, 15) is 13.5 Å². The maximum atomic E-state index is 11.7. The molecule has 2 atom stereocenters. The third-order valence-corrected chi connectivity index (χ3v) is 5.61. The Labute approximate surface area is 137 Å². The molecular weight excluding hydrogens is 335 g/mol. The van der Waals surface area contributed by atoms with E-state index in [4.69, 9.17) is 0 Å². The zero-order chi connectivity index (χ0) is 13.5. The minimum absolute atomic E-state index is 0. The summed E-state index contributed by atoms with van der Waals surface area (Å²) < 4.78 is 23.5. The first kappa shape index (κ1) is 18.5. The van der Waals surface area contributed by atoms with Crippen LogP contribution in [0.3, 0.4) is 0 Å². The Balaban J connectivity index is 0.00000110. The van der Waals surface area contributed by atoms with Gasteiger partial charge in [0.1, 0.15) is 5.75 Å². The number of nitrogens with one attached hydrogen (secondary N) is 1. The Hall–Kier alpha value is -0.530. The van der Waals surface area contributed by atoms with Gasteiger partial charge in [-0.25, -0.2) is 8.42 Å². The van der Waals surface area contributed by atoms with Crippen LogP contribution in [0, 0.1) is 0 Å². The molecule has 2 aliphatic heterocycles. The fourth-order valence-electron chi connectivity index (χ4n) is 3.03. The van der Waals surface area contributed by atoms with Crippen LogP contribution in [-0.2, 0) is 16.4 Å². The summed E-state index contributed by atoms with van der Waals surface area (Å²) in [6, 6.07) is 7.26. The van der Waals surface area contributed by atoms with E-state index in [0.717, 1.165) is 18.7 Å². The number of halogens is 2. The monoisotopic (exact) mass is 354 g/mol. The smallest absolute Gasteiger partial charge is 0.153 e. The summed E-state index contributed by atoms with van der Waals surface area (Å²) in [6.07, 6.45) is 0. The van der Waals surface area contributed by atoms with E-state index in [2.05, 4.69) is 10.2 Å². The van der Waals surface area contributed by atoms with Crippen LogP contribution in [0.5, 0.6) is 5.75 Å². The van der Waals surface area contributed by atoms with Crippen molar-refractivity contribution in [1.82, 2.24) is 10.2 Å². The number of hydrogen-bond donors (Lipinski definition) is 2. The van der Waals surface area contributed by atoms with Gasteiger partial charge in [-0.15, -0.1) is 24.8 Å². The number of aromatic hydroxyl groups is 1. The molecule has 0 aromatic heterocycles. The third kappa shape index (κ3) is 4.23. The van der Waals surface area contributed by atoms with Crippen molar-refractivity contribution in [2.75, 3.05) is 24.6 Å². The van der Waals surface area contributed by atoms with Crippen molar-refractivity contribution in [3.05, 3.63) is 29.8 Å². The number of sulfone groups is 1. The topological polar surface area (TPSA) is 69.6 Å². The number of nitrogens with zero attached hydrogens (tertiary/aromatic N) is 1. The minimum Gasteiger partial charge on any atom is -0.508 e. The molecule has 2 fully saturated rings. The average Bonchev–Trinajstić information content (AvgIpc) is 2.64. The Morgan fingerprint density at radius 2 is 2.05 bits per heavy atom. The lowest BCUT2D eigenvalue weighted by Crippen LogP contribution is -2.56. The maximum absolute atomic E-state index is 11.7. The summed E-state index contributed by atoms with van der Waals surface area (Å²) in [5, 5.41) is 12.8. The summed E-state index contributed by atoms with van der Waals surface area (Å²) in [6.45, 7) is 2.34. The van der Waals surface area contributed by atoms with E-state index < -0.39 is 9.84 Å². The molecule has 1 aromatic rings. The number of phenols is 1. The fourth-order valence-corrected chi connectivity index (χ4v) is 5.02. The summed E-state index contributed by atoms with van der Waals surface area (Å²) in [5.41, 5.74) is 1.02. The van der Waals surface area contributed by atoms with Crippen LogP contribution in [0.1, 0.15) is 5.56 Å². The van der Waals surface area contributed by atoms with Crippen molar-refractivity contribution < 1.29 is 13.5 Å². The first-order valence-electron chi connectivity index (χ1n) is 6.49. The number of phenolic OH excluding ortho intramolecular Hbond substituents is 1. The van der Waals surface area contributed by atoms with Crippen molar-refractivity contribution in [3.8, 4) is 5.75 Å². The molecule has 0 amide bonds. The molecule has 0 bridgehead atoms. The Morgan fingerprint density at radius 3 is 2.76 bits per heavy atom. The molecule has 2 N–H and O–H groups in total. The zero-order valence-corrected chi connectivity index (χ0v) is 13.9. The number of benzene rings is 1. The lowest BCUT2D eigenvalue weighted by molar-refractivity contribution is 0.141. The van der Waals surface area contributed by atoms with E-state index in [1.165, 1.54) is 0 Å². The molecule has 0 spiro atoms. The molecule has 1 aromatic carbocycles. The van der Waals surface area contributed by atoms with E-state index in [0.29, 0.717) is 6.54 Å². The first-order valence-corrected chi connectivity index (χ1v) is 8.31. The Bertz CT molecular complexity index is 583. The van der Waals surface area contributed by atoms with Crippen LogP contribution in [0.25, 0.3) is 0 Å². The van der Waals surface area contributed by atoms with Gasteiger partial charge >= 0.3 is 0 Å². The molecular formula is C13H20Cl2N2O3S. The second-order valence-corrected chi connectivity index (χ2v) is 7.50.